The molecule has 1 saturated heterocycles. The summed E-state index contributed by atoms with van der Waals surface area (Å²) in [5.41, 5.74) is 11.9. The number of likely N-dealkylation sites (N-methyl/N-ethyl adjacent to an activating group) is 1. The van der Waals surface area contributed by atoms with Gasteiger partial charge in [-0.15, -0.1) is 0 Å². The van der Waals surface area contributed by atoms with Gasteiger partial charge in [0, 0.05) is 47.9 Å². The molecule has 4 heterocycles. The molecule has 1 aliphatic heterocycles. The van der Waals surface area contributed by atoms with Crippen LogP contribution in [0.4, 0.5) is 5.82 Å². The number of pyridine rings is 1. The number of fused-ring (bicyclic) bond motifs is 2. The second-order valence-corrected chi connectivity index (χ2v) is 10.2. The molecule has 38 heavy (non-hydrogen) atoms. The number of amides is 1. The Bertz CT molecular complexity index is 1620. The summed E-state index contributed by atoms with van der Waals surface area (Å²) in [5, 5.41) is 1.07. The van der Waals surface area contributed by atoms with Crippen molar-refractivity contribution in [1.29, 1.82) is 0 Å². The minimum atomic E-state index is 0.175. The fraction of sp³-hybridized carbons (Fsp3) is 0.267. The highest BCUT2D eigenvalue weighted by Gasteiger charge is 2.28. The van der Waals surface area contributed by atoms with Crippen molar-refractivity contribution >= 4 is 28.1 Å². The number of nitrogens with zero attached hydrogens (tertiary/aromatic N) is 6. The Morgan fingerprint density at radius 3 is 2.53 bits per heavy atom. The summed E-state index contributed by atoms with van der Waals surface area (Å²) in [6.07, 6.45) is 5.38. The van der Waals surface area contributed by atoms with Gasteiger partial charge in [0.15, 0.2) is 0 Å². The molecule has 0 aliphatic carbocycles. The first-order chi connectivity index (χ1) is 18.5. The topological polar surface area (TPSA) is 92.7 Å². The Labute approximate surface area is 221 Å². The molecule has 0 bridgehead atoms. The maximum atomic E-state index is 12.6. The fourth-order valence-electron chi connectivity index (χ4n) is 5.37. The van der Waals surface area contributed by atoms with Crippen molar-refractivity contribution in [2.45, 2.75) is 18.8 Å². The third kappa shape index (κ3) is 4.48. The van der Waals surface area contributed by atoms with Crippen molar-refractivity contribution in [2.24, 2.45) is 0 Å². The van der Waals surface area contributed by atoms with Crippen LogP contribution in [0.1, 0.15) is 24.6 Å². The third-order valence-corrected chi connectivity index (χ3v) is 7.31. The van der Waals surface area contributed by atoms with Crippen molar-refractivity contribution in [1.82, 2.24) is 29.2 Å². The van der Waals surface area contributed by atoms with E-state index in [4.69, 9.17) is 15.7 Å². The molecule has 3 aromatic heterocycles. The normalized spacial score (nSPS) is 14.6. The van der Waals surface area contributed by atoms with E-state index in [9.17, 15) is 4.79 Å². The van der Waals surface area contributed by atoms with Gasteiger partial charge in [-0.05, 0) is 39.1 Å². The van der Waals surface area contributed by atoms with Crippen molar-refractivity contribution in [3.8, 4) is 22.5 Å². The molecule has 192 valence electrons. The fourth-order valence-corrected chi connectivity index (χ4v) is 5.37. The second-order valence-electron chi connectivity index (χ2n) is 10.2. The lowest BCUT2D eigenvalue weighted by Gasteiger charge is -2.32. The molecule has 0 atom stereocenters. The molecule has 5 aromatic rings. The van der Waals surface area contributed by atoms with Gasteiger partial charge in [-0.2, -0.15) is 0 Å². The zero-order chi connectivity index (χ0) is 26.2. The molecule has 0 unspecified atom stereocenters. The van der Waals surface area contributed by atoms with Crippen LogP contribution in [0.2, 0.25) is 0 Å². The molecule has 1 aliphatic rings. The Morgan fingerprint density at radius 2 is 1.76 bits per heavy atom. The number of anilines is 1. The predicted molar refractivity (Wildman–Crippen MR) is 151 cm³/mol. The average molecular weight is 506 g/mol. The quantitative estimate of drug-likeness (QED) is 0.379. The van der Waals surface area contributed by atoms with E-state index in [0.29, 0.717) is 12.4 Å². The van der Waals surface area contributed by atoms with Crippen LogP contribution >= 0.6 is 0 Å². The van der Waals surface area contributed by atoms with Crippen LogP contribution in [0, 0.1) is 0 Å². The summed E-state index contributed by atoms with van der Waals surface area (Å²) in [6, 6.07) is 20.6. The van der Waals surface area contributed by atoms with E-state index in [2.05, 4.69) is 51.8 Å². The van der Waals surface area contributed by atoms with Gasteiger partial charge in [-0.25, -0.2) is 15.0 Å². The number of piperidine rings is 1. The van der Waals surface area contributed by atoms with Gasteiger partial charge in [-0.1, -0.05) is 48.5 Å². The molecule has 2 N–H and O–H groups in total. The van der Waals surface area contributed by atoms with Crippen molar-refractivity contribution in [2.75, 3.05) is 39.5 Å². The van der Waals surface area contributed by atoms with Crippen LogP contribution in [0.15, 0.2) is 73.1 Å². The lowest BCUT2D eigenvalue weighted by Crippen LogP contribution is -2.42. The summed E-state index contributed by atoms with van der Waals surface area (Å²) in [6.45, 7) is 1.89. The van der Waals surface area contributed by atoms with Crippen molar-refractivity contribution in [3.63, 3.8) is 0 Å². The largest absolute Gasteiger partial charge is 0.382 e. The first-order valence-corrected chi connectivity index (χ1v) is 13.0. The Hall–Kier alpha value is -4.30. The van der Waals surface area contributed by atoms with Gasteiger partial charge < -0.3 is 15.5 Å². The minimum absolute atomic E-state index is 0.175. The number of carbonyl (C=O) groups excluding carboxylic acids is 1. The van der Waals surface area contributed by atoms with E-state index in [1.54, 1.807) is 6.20 Å². The Morgan fingerprint density at radius 1 is 1.00 bits per heavy atom. The molecular weight excluding hydrogens is 474 g/mol. The summed E-state index contributed by atoms with van der Waals surface area (Å²) in [5.74, 6) is 1.82. The molecule has 8 heteroatoms. The van der Waals surface area contributed by atoms with E-state index in [-0.39, 0.29) is 11.8 Å². The van der Waals surface area contributed by atoms with Crippen molar-refractivity contribution < 1.29 is 4.79 Å². The standard InChI is InChI=1S/C30H31N7O/c1-35(2)19-26(38)36-15-12-22(13-16-36)30-34-27(28-29(31)32-14-17-37(28)30)23-9-8-21-10-11-24(33-25(21)18-23)20-6-4-3-5-7-20/h3-11,14,17-18,22H,12-13,15-16,19H2,1-2H3,(H2,31,32). The summed E-state index contributed by atoms with van der Waals surface area (Å²) >= 11 is 0. The maximum Gasteiger partial charge on any atom is 0.236 e. The molecule has 1 fully saturated rings. The van der Waals surface area contributed by atoms with Crippen LogP contribution in [0.5, 0.6) is 0 Å². The molecule has 8 nitrogen and oxygen atoms in total. The number of hydrogen-bond donors (Lipinski definition) is 1. The van der Waals surface area contributed by atoms with Crippen LogP contribution in [-0.4, -0.2) is 68.8 Å². The molecule has 0 saturated carbocycles. The minimum Gasteiger partial charge on any atom is -0.382 e. The number of likely N-dealkylation sites (tertiary alicyclic amines) is 1. The van der Waals surface area contributed by atoms with E-state index in [0.717, 1.165) is 70.7 Å². The highest BCUT2D eigenvalue weighted by Crippen LogP contribution is 2.35. The molecular formula is C30H31N7O. The summed E-state index contributed by atoms with van der Waals surface area (Å²) in [7, 11) is 3.85. The monoisotopic (exact) mass is 505 g/mol. The zero-order valence-corrected chi connectivity index (χ0v) is 21.7. The highest BCUT2D eigenvalue weighted by atomic mass is 16.2. The number of rotatable bonds is 5. The van der Waals surface area contributed by atoms with Gasteiger partial charge in [-0.3, -0.25) is 9.20 Å². The number of carbonyl (C=O) groups is 1. The number of benzene rings is 2. The maximum absolute atomic E-state index is 12.6. The average Bonchev–Trinajstić information content (AvgIpc) is 3.34. The number of imidazole rings is 1. The molecule has 0 radical (unpaired) electrons. The first-order valence-electron chi connectivity index (χ1n) is 13.0. The summed E-state index contributed by atoms with van der Waals surface area (Å²) in [4.78, 5) is 30.9. The number of nitrogens with two attached hydrogens (primary N) is 1. The highest BCUT2D eigenvalue weighted by molar-refractivity contribution is 5.91. The zero-order valence-electron chi connectivity index (χ0n) is 21.7. The van der Waals surface area contributed by atoms with E-state index in [1.807, 2.05) is 48.3 Å². The van der Waals surface area contributed by atoms with Crippen LogP contribution in [-0.2, 0) is 4.79 Å². The number of hydrogen-bond acceptors (Lipinski definition) is 6. The first kappa shape index (κ1) is 24.1. The smallest absolute Gasteiger partial charge is 0.236 e. The van der Waals surface area contributed by atoms with E-state index >= 15 is 0 Å². The second kappa shape index (κ2) is 9.87. The Balaban J connectivity index is 1.36. The molecule has 1 amide bonds. The molecule has 2 aromatic carbocycles. The van der Waals surface area contributed by atoms with Crippen LogP contribution in [0.25, 0.3) is 38.9 Å². The van der Waals surface area contributed by atoms with Gasteiger partial charge in [0.25, 0.3) is 0 Å². The summed E-state index contributed by atoms with van der Waals surface area (Å²) < 4.78 is 2.08. The van der Waals surface area contributed by atoms with Gasteiger partial charge >= 0.3 is 0 Å². The Kier molecular flexibility index (Phi) is 6.25. The number of nitrogen functional groups attached to an aromatic ring is 1. The molecule has 0 spiro atoms. The van der Waals surface area contributed by atoms with Crippen LogP contribution < -0.4 is 5.73 Å². The molecule has 6 rings (SSSR count). The lowest BCUT2D eigenvalue weighted by atomic mass is 9.96. The SMILES string of the molecule is CN(C)CC(=O)N1CCC(c2nc(-c3ccc4ccc(-c5ccccc5)nc4c3)c3c(N)nccn23)CC1. The van der Waals surface area contributed by atoms with Crippen molar-refractivity contribution in [3.05, 3.63) is 78.9 Å². The predicted octanol–water partition coefficient (Wildman–Crippen LogP) is 4.46. The van der Waals surface area contributed by atoms with E-state index in [1.165, 1.54) is 0 Å². The van der Waals surface area contributed by atoms with E-state index < -0.39 is 0 Å². The number of aromatic nitrogens is 4. The third-order valence-electron chi connectivity index (χ3n) is 7.31. The van der Waals surface area contributed by atoms with Gasteiger partial charge in [0.2, 0.25) is 5.91 Å². The van der Waals surface area contributed by atoms with Gasteiger partial charge in [0.05, 0.1) is 17.8 Å². The van der Waals surface area contributed by atoms with Gasteiger partial charge in [0.1, 0.15) is 22.9 Å². The lowest BCUT2D eigenvalue weighted by molar-refractivity contribution is -0.132. The van der Waals surface area contributed by atoms with Crippen LogP contribution in [0.3, 0.4) is 0 Å².